The van der Waals surface area contributed by atoms with E-state index in [1.807, 2.05) is 0 Å². The van der Waals surface area contributed by atoms with Crippen LogP contribution in [0.1, 0.15) is 0 Å². The van der Waals surface area contributed by atoms with Crippen molar-refractivity contribution in [3.63, 3.8) is 0 Å². The summed E-state index contributed by atoms with van der Waals surface area (Å²) in [6.07, 6.45) is 0. The molecule has 0 aliphatic rings. The lowest BCUT2D eigenvalue weighted by molar-refractivity contribution is 1.18. The first kappa shape index (κ1) is 25.6. The third-order valence-corrected chi connectivity index (χ3v) is 8.85. The van der Waals surface area contributed by atoms with Crippen LogP contribution in [0.15, 0.2) is 168 Å². The molecule has 0 aliphatic carbocycles. The highest BCUT2D eigenvalue weighted by Crippen LogP contribution is 2.44. The van der Waals surface area contributed by atoms with Gasteiger partial charge in [-0.05, 0) is 88.6 Å². The number of para-hydroxylation sites is 3. The first-order chi connectivity index (χ1) is 21.3. The van der Waals surface area contributed by atoms with Gasteiger partial charge in [-0.3, -0.25) is 0 Å². The summed E-state index contributed by atoms with van der Waals surface area (Å²) in [7, 11) is 0. The maximum Gasteiger partial charge on any atom is 0.0562 e. The molecule has 2 nitrogen and oxygen atoms in total. The zero-order valence-corrected chi connectivity index (χ0v) is 24.9. The van der Waals surface area contributed by atoms with Crippen LogP contribution in [0.5, 0.6) is 0 Å². The predicted molar refractivity (Wildman–Crippen MR) is 186 cm³/mol. The summed E-state index contributed by atoms with van der Waals surface area (Å²) >= 11 is 3.83. The van der Waals surface area contributed by atoms with E-state index in [4.69, 9.17) is 0 Å². The Morgan fingerprint density at radius 2 is 1.12 bits per heavy atom. The minimum atomic E-state index is 1.10. The number of benzene rings is 7. The van der Waals surface area contributed by atoms with Crippen molar-refractivity contribution in [2.75, 3.05) is 4.90 Å². The fraction of sp³-hybridized carbons (Fsp3) is 0. The predicted octanol–water partition coefficient (Wildman–Crippen LogP) is 11.8. The van der Waals surface area contributed by atoms with Crippen LogP contribution in [0.4, 0.5) is 17.1 Å². The smallest absolute Gasteiger partial charge is 0.0562 e. The minimum Gasteiger partial charge on any atom is -0.310 e. The number of anilines is 3. The van der Waals surface area contributed by atoms with Gasteiger partial charge >= 0.3 is 0 Å². The second-order valence-electron chi connectivity index (χ2n) is 10.8. The Kier molecular flexibility index (Phi) is 6.31. The van der Waals surface area contributed by atoms with Crippen molar-refractivity contribution in [2.45, 2.75) is 0 Å². The van der Waals surface area contributed by atoms with Crippen molar-refractivity contribution in [3.8, 4) is 16.8 Å². The van der Waals surface area contributed by atoms with Crippen LogP contribution in [0.3, 0.4) is 0 Å². The van der Waals surface area contributed by atoms with Crippen molar-refractivity contribution in [1.29, 1.82) is 0 Å². The van der Waals surface area contributed by atoms with E-state index >= 15 is 0 Å². The summed E-state index contributed by atoms with van der Waals surface area (Å²) in [5.41, 5.74) is 9.26. The highest BCUT2D eigenvalue weighted by atomic mass is 79.9. The van der Waals surface area contributed by atoms with Crippen molar-refractivity contribution in [3.05, 3.63) is 168 Å². The number of halogens is 1. The lowest BCUT2D eigenvalue weighted by atomic mass is 9.99. The van der Waals surface area contributed by atoms with E-state index in [1.165, 1.54) is 43.7 Å². The maximum absolute atomic E-state index is 3.83. The van der Waals surface area contributed by atoms with E-state index < -0.39 is 0 Å². The molecule has 0 saturated carbocycles. The van der Waals surface area contributed by atoms with Gasteiger partial charge in [0, 0.05) is 32.3 Å². The highest BCUT2D eigenvalue weighted by molar-refractivity contribution is 9.10. The normalized spacial score (nSPS) is 11.4. The summed E-state index contributed by atoms with van der Waals surface area (Å²) < 4.78 is 3.51. The molecule has 0 bridgehead atoms. The molecule has 0 fully saturated rings. The Bertz CT molecular complexity index is 2200. The minimum absolute atomic E-state index is 1.10. The standard InChI is InChI=1S/C40H27BrN2/c41-36-26-30(25-29-13-10-11-20-34(29)36)28-23-24-35-39(27-28)43(33-18-8-3-9-19-33)38-22-12-21-37(40(35)38)42(31-14-4-1-5-15-31)32-16-6-2-7-17-32/h1-27H. The van der Waals surface area contributed by atoms with Gasteiger partial charge in [-0.1, -0.05) is 113 Å². The average molecular weight is 616 g/mol. The van der Waals surface area contributed by atoms with Crippen molar-refractivity contribution >= 4 is 65.6 Å². The molecule has 8 rings (SSSR count). The van der Waals surface area contributed by atoms with E-state index in [1.54, 1.807) is 0 Å². The van der Waals surface area contributed by atoms with Gasteiger partial charge in [-0.2, -0.15) is 0 Å². The molecule has 0 N–H and O–H groups in total. The van der Waals surface area contributed by atoms with E-state index in [0.29, 0.717) is 0 Å². The Labute approximate surface area is 259 Å². The van der Waals surface area contributed by atoms with Crippen LogP contribution in [0.25, 0.3) is 49.4 Å². The third kappa shape index (κ3) is 4.41. The van der Waals surface area contributed by atoms with Gasteiger partial charge in [0.2, 0.25) is 0 Å². The fourth-order valence-electron chi connectivity index (χ4n) is 6.28. The highest BCUT2D eigenvalue weighted by Gasteiger charge is 2.21. The lowest BCUT2D eigenvalue weighted by Crippen LogP contribution is -2.10. The quantitative estimate of drug-likeness (QED) is 0.187. The van der Waals surface area contributed by atoms with Crippen LogP contribution in [-0.4, -0.2) is 4.57 Å². The summed E-state index contributed by atoms with van der Waals surface area (Å²) in [6.45, 7) is 0. The molecule has 0 aliphatic heterocycles. The summed E-state index contributed by atoms with van der Waals surface area (Å²) in [5, 5.41) is 4.88. The van der Waals surface area contributed by atoms with Crippen molar-refractivity contribution < 1.29 is 0 Å². The number of rotatable bonds is 5. The average Bonchev–Trinajstić information content (AvgIpc) is 3.41. The zero-order valence-electron chi connectivity index (χ0n) is 23.4. The molecular formula is C40H27BrN2. The van der Waals surface area contributed by atoms with Crippen LogP contribution >= 0.6 is 15.9 Å². The Hall–Kier alpha value is -5.12. The van der Waals surface area contributed by atoms with Gasteiger partial charge in [0.05, 0.1) is 16.7 Å². The molecule has 0 saturated heterocycles. The Morgan fingerprint density at radius 1 is 0.465 bits per heavy atom. The number of nitrogens with zero attached hydrogens (tertiary/aromatic N) is 2. The molecule has 7 aromatic carbocycles. The van der Waals surface area contributed by atoms with Crippen molar-refractivity contribution in [2.24, 2.45) is 0 Å². The Balaban J connectivity index is 1.44. The van der Waals surface area contributed by atoms with Crippen LogP contribution in [-0.2, 0) is 0 Å². The second kappa shape index (κ2) is 10.6. The lowest BCUT2D eigenvalue weighted by Gasteiger charge is -2.26. The largest absolute Gasteiger partial charge is 0.310 e. The van der Waals surface area contributed by atoms with E-state index in [-0.39, 0.29) is 0 Å². The third-order valence-electron chi connectivity index (χ3n) is 8.20. The molecule has 0 spiro atoms. The molecule has 3 heteroatoms. The molecule has 1 heterocycles. The number of hydrogen-bond donors (Lipinski definition) is 0. The van der Waals surface area contributed by atoms with E-state index in [2.05, 4.69) is 189 Å². The number of fused-ring (bicyclic) bond motifs is 4. The van der Waals surface area contributed by atoms with Gasteiger partial charge in [-0.15, -0.1) is 0 Å². The molecule has 8 aromatic rings. The molecule has 43 heavy (non-hydrogen) atoms. The summed E-state index contributed by atoms with van der Waals surface area (Å²) in [5.74, 6) is 0. The van der Waals surface area contributed by atoms with E-state index in [0.717, 1.165) is 27.2 Å². The molecule has 0 radical (unpaired) electrons. The van der Waals surface area contributed by atoms with Crippen LogP contribution in [0, 0.1) is 0 Å². The van der Waals surface area contributed by atoms with Gasteiger partial charge in [0.1, 0.15) is 0 Å². The summed E-state index contributed by atoms with van der Waals surface area (Å²) in [4.78, 5) is 2.37. The fourth-order valence-corrected chi connectivity index (χ4v) is 6.89. The molecule has 0 atom stereocenters. The van der Waals surface area contributed by atoms with Gasteiger partial charge in [-0.25, -0.2) is 0 Å². The van der Waals surface area contributed by atoms with E-state index in [9.17, 15) is 0 Å². The first-order valence-corrected chi connectivity index (χ1v) is 15.3. The second-order valence-corrected chi connectivity index (χ2v) is 11.6. The Morgan fingerprint density at radius 3 is 1.84 bits per heavy atom. The molecule has 0 unspecified atom stereocenters. The zero-order chi connectivity index (χ0) is 28.8. The first-order valence-electron chi connectivity index (χ1n) is 14.5. The molecule has 1 aromatic heterocycles. The van der Waals surface area contributed by atoms with Crippen molar-refractivity contribution in [1.82, 2.24) is 4.57 Å². The number of hydrogen-bond acceptors (Lipinski definition) is 1. The molecule has 204 valence electrons. The topological polar surface area (TPSA) is 8.17 Å². The molecular weight excluding hydrogens is 588 g/mol. The monoisotopic (exact) mass is 614 g/mol. The van der Waals surface area contributed by atoms with Gasteiger partial charge in [0.25, 0.3) is 0 Å². The number of aromatic nitrogens is 1. The summed E-state index contributed by atoms with van der Waals surface area (Å²) in [6, 6.07) is 58.6. The van der Waals surface area contributed by atoms with Crippen LogP contribution in [0.2, 0.25) is 0 Å². The SMILES string of the molecule is Brc1cc(-c2ccc3c4c(N(c5ccccc5)c5ccccc5)cccc4n(-c4ccccc4)c3c2)cc2ccccc12. The molecule has 0 amide bonds. The van der Waals surface area contributed by atoms with Crippen LogP contribution < -0.4 is 4.90 Å². The van der Waals surface area contributed by atoms with Gasteiger partial charge in [0.15, 0.2) is 0 Å². The van der Waals surface area contributed by atoms with Gasteiger partial charge < -0.3 is 9.47 Å². The maximum atomic E-state index is 3.83.